The maximum Gasteiger partial charge on any atom is 0.152 e. The number of morpholine rings is 1. The number of hydrogen-bond acceptors (Lipinski definition) is 9. The molecule has 2 aromatic heterocycles. The highest BCUT2D eigenvalue weighted by molar-refractivity contribution is 5.70. The molecule has 0 bridgehead atoms. The SMILES string of the molecule is N#Cc1cc(-c2ccnc(Nc3cncc(N4CCOCC4)n3)c2)ccc1OC1CCOCC1. The Morgan fingerprint density at radius 3 is 2.59 bits per heavy atom. The van der Waals surface area contributed by atoms with Gasteiger partial charge in [-0.1, -0.05) is 6.07 Å². The molecule has 0 aliphatic carbocycles. The van der Waals surface area contributed by atoms with E-state index in [-0.39, 0.29) is 6.10 Å². The number of benzene rings is 1. The van der Waals surface area contributed by atoms with E-state index in [9.17, 15) is 5.26 Å². The summed E-state index contributed by atoms with van der Waals surface area (Å²) in [6.45, 7) is 4.34. The number of ether oxygens (including phenoxy) is 3. The number of hydrogen-bond donors (Lipinski definition) is 1. The fourth-order valence-corrected chi connectivity index (χ4v) is 4.04. The van der Waals surface area contributed by atoms with Crippen molar-refractivity contribution < 1.29 is 14.2 Å². The first-order valence-electron chi connectivity index (χ1n) is 11.5. The number of nitrogens with one attached hydrogen (secondary N) is 1. The summed E-state index contributed by atoms with van der Waals surface area (Å²) in [7, 11) is 0. The summed E-state index contributed by atoms with van der Waals surface area (Å²) in [4.78, 5) is 15.6. The van der Waals surface area contributed by atoms with Gasteiger partial charge < -0.3 is 24.4 Å². The van der Waals surface area contributed by atoms with Crippen LogP contribution in [-0.4, -0.2) is 60.6 Å². The second-order valence-corrected chi connectivity index (χ2v) is 8.17. The highest BCUT2D eigenvalue weighted by Crippen LogP contribution is 2.29. The summed E-state index contributed by atoms with van der Waals surface area (Å²) in [5.74, 6) is 2.68. The number of nitrogens with zero attached hydrogens (tertiary/aromatic N) is 5. The monoisotopic (exact) mass is 458 g/mol. The van der Waals surface area contributed by atoms with Crippen molar-refractivity contribution in [1.82, 2.24) is 15.0 Å². The van der Waals surface area contributed by atoms with Crippen molar-refractivity contribution in [2.75, 3.05) is 49.7 Å². The number of rotatable bonds is 6. The largest absolute Gasteiger partial charge is 0.489 e. The van der Waals surface area contributed by atoms with Gasteiger partial charge in [0.15, 0.2) is 5.82 Å². The second-order valence-electron chi connectivity index (χ2n) is 8.17. The van der Waals surface area contributed by atoms with Gasteiger partial charge >= 0.3 is 0 Å². The minimum atomic E-state index is 0.0813. The first kappa shape index (κ1) is 22.1. The van der Waals surface area contributed by atoms with E-state index in [1.165, 1.54) is 0 Å². The molecular formula is C25H26N6O3. The molecule has 0 spiro atoms. The van der Waals surface area contributed by atoms with Gasteiger partial charge in [-0.25, -0.2) is 9.97 Å². The number of nitriles is 1. The fraction of sp³-hybridized carbons (Fsp3) is 0.360. The first-order chi connectivity index (χ1) is 16.8. The Kier molecular flexibility index (Phi) is 6.79. The Hall–Kier alpha value is -3.74. The molecule has 4 heterocycles. The summed E-state index contributed by atoms with van der Waals surface area (Å²) in [6.07, 6.45) is 6.92. The number of aromatic nitrogens is 3. The number of anilines is 3. The van der Waals surface area contributed by atoms with Crippen molar-refractivity contribution in [3.63, 3.8) is 0 Å². The summed E-state index contributed by atoms with van der Waals surface area (Å²) in [5.41, 5.74) is 2.36. The predicted octanol–water partition coefficient (Wildman–Crippen LogP) is 3.55. The zero-order valence-corrected chi connectivity index (χ0v) is 18.8. The van der Waals surface area contributed by atoms with E-state index in [2.05, 4.69) is 31.2 Å². The molecule has 9 nitrogen and oxygen atoms in total. The standard InChI is InChI=1S/C25H26N6O3/c26-15-20-13-18(1-2-22(20)34-21-4-9-32-10-5-21)19-3-6-28-23(14-19)29-24-16-27-17-25(30-24)31-7-11-33-12-8-31/h1-3,6,13-14,16-17,21H,4-5,7-12H2,(H,28,29,30). The van der Waals surface area contributed by atoms with Gasteiger partial charge in [-0.2, -0.15) is 5.26 Å². The van der Waals surface area contributed by atoms with Crippen molar-refractivity contribution in [3.05, 3.63) is 54.5 Å². The Morgan fingerprint density at radius 2 is 1.76 bits per heavy atom. The molecule has 2 saturated heterocycles. The van der Waals surface area contributed by atoms with E-state index in [1.54, 1.807) is 18.6 Å². The molecule has 174 valence electrons. The van der Waals surface area contributed by atoms with E-state index in [0.717, 1.165) is 42.9 Å². The molecule has 0 atom stereocenters. The molecule has 2 aliphatic rings. The van der Waals surface area contributed by atoms with Crippen molar-refractivity contribution in [1.29, 1.82) is 5.26 Å². The van der Waals surface area contributed by atoms with E-state index < -0.39 is 0 Å². The molecule has 0 unspecified atom stereocenters. The quantitative estimate of drug-likeness (QED) is 0.593. The lowest BCUT2D eigenvalue weighted by atomic mass is 10.0. The van der Waals surface area contributed by atoms with Gasteiger partial charge in [0.25, 0.3) is 0 Å². The van der Waals surface area contributed by atoms with Crippen LogP contribution in [0.5, 0.6) is 5.75 Å². The highest BCUT2D eigenvalue weighted by atomic mass is 16.5. The third-order valence-electron chi connectivity index (χ3n) is 5.87. The summed E-state index contributed by atoms with van der Waals surface area (Å²) in [6, 6.07) is 11.8. The maximum absolute atomic E-state index is 9.70. The molecule has 9 heteroatoms. The minimum Gasteiger partial charge on any atom is -0.489 e. The van der Waals surface area contributed by atoms with E-state index >= 15 is 0 Å². The van der Waals surface area contributed by atoms with E-state index in [1.807, 2.05) is 30.3 Å². The lowest BCUT2D eigenvalue weighted by Crippen LogP contribution is -2.36. The molecule has 1 aromatic carbocycles. The van der Waals surface area contributed by atoms with Gasteiger partial charge in [0.1, 0.15) is 29.6 Å². The van der Waals surface area contributed by atoms with Crippen LogP contribution in [0.15, 0.2) is 48.9 Å². The Labute approximate surface area is 198 Å². The van der Waals surface area contributed by atoms with Crippen LogP contribution in [0.1, 0.15) is 18.4 Å². The van der Waals surface area contributed by atoms with E-state index in [0.29, 0.717) is 49.4 Å². The molecule has 0 amide bonds. The van der Waals surface area contributed by atoms with Gasteiger partial charge in [0.05, 0.1) is 44.4 Å². The van der Waals surface area contributed by atoms with Crippen LogP contribution in [0, 0.1) is 11.3 Å². The Balaban J connectivity index is 1.32. The van der Waals surface area contributed by atoms with Crippen LogP contribution in [0.2, 0.25) is 0 Å². The predicted molar refractivity (Wildman–Crippen MR) is 127 cm³/mol. The molecule has 2 aliphatic heterocycles. The lowest BCUT2D eigenvalue weighted by molar-refractivity contribution is 0.0254. The van der Waals surface area contributed by atoms with Crippen LogP contribution >= 0.6 is 0 Å². The van der Waals surface area contributed by atoms with E-state index in [4.69, 9.17) is 14.2 Å². The van der Waals surface area contributed by atoms with Gasteiger partial charge in [-0.15, -0.1) is 0 Å². The van der Waals surface area contributed by atoms with Gasteiger partial charge in [0.2, 0.25) is 0 Å². The fourth-order valence-electron chi connectivity index (χ4n) is 4.04. The zero-order valence-electron chi connectivity index (χ0n) is 18.8. The molecule has 1 N–H and O–H groups in total. The topological polar surface area (TPSA) is 105 Å². The molecule has 2 fully saturated rings. The molecule has 0 radical (unpaired) electrons. The molecule has 34 heavy (non-hydrogen) atoms. The third kappa shape index (κ3) is 5.25. The van der Waals surface area contributed by atoms with Crippen LogP contribution in [0.4, 0.5) is 17.5 Å². The zero-order chi connectivity index (χ0) is 23.2. The van der Waals surface area contributed by atoms with Crippen LogP contribution < -0.4 is 15.0 Å². The maximum atomic E-state index is 9.70. The van der Waals surface area contributed by atoms with Crippen molar-refractivity contribution in [3.8, 4) is 22.9 Å². The van der Waals surface area contributed by atoms with Crippen LogP contribution in [-0.2, 0) is 9.47 Å². The molecular weight excluding hydrogens is 432 g/mol. The third-order valence-corrected chi connectivity index (χ3v) is 5.87. The summed E-state index contributed by atoms with van der Waals surface area (Å²) in [5, 5.41) is 12.9. The average Bonchev–Trinajstić information content (AvgIpc) is 2.90. The van der Waals surface area contributed by atoms with Crippen LogP contribution in [0.3, 0.4) is 0 Å². The van der Waals surface area contributed by atoms with Crippen molar-refractivity contribution >= 4 is 17.5 Å². The first-order valence-corrected chi connectivity index (χ1v) is 11.5. The average molecular weight is 459 g/mol. The minimum absolute atomic E-state index is 0.0813. The lowest BCUT2D eigenvalue weighted by Gasteiger charge is -2.27. The highest BCUT2D eigenvalue weighted by Gasteiger charge is 2.18. The number of pyridine rings is 1. The van der Waals surface area contributed by atoms with Crippen molar-refractivity contribution in [2.24, 2.45) is 0 Å². The molecule has 0 saturated carbocycles. The Bertz CT molecular complexity index is 1170. The second kappa shape index (κ2) is 10.5. The van der Waals surface area contributed by atoms with Gasteiger partial charge in [-0.3, -0.25) is 4.98 Å². The molecule has 3 aromatic rings. The van der Waals surface area contributed by atoms with Gasteiger partial charge in [0, 0.05) is 32.1 Å². The normalized spacial score (nSPS) is 16.6. The summed E-state index contributed by atoms with van der Waals surface area (Å²) < 4.78 is 16.9. The molecule has 5 rings (SSSR count). The van der Waals surface area contributed by atoms with Crippen molar-refractivity contribution in [2.45, 2.75) is 18.9 Å². The summed E-state index contributed by atoms with van der Waals surface area (Å²) >= 11 is 0. The smallest absolute Gasteiger partial charge is 0.152 e. The van der Waals surface area contributed by atoms with Crippen LogP contribution in [0.25, 0.3) is 11.1 Å². The Morgan fingerprint density at radius 1 is 0.971 bits per heavy atom. The van der Waals surface area contributed by atoms with Gasteiger partial charge in [-0.05, 0) is 35.4 Å².